The number of benzene rings is 1. The minimum absolute atomic E-state index is 0.508. The lowest BCUT2D eigenvalue weighted by Crippen LogP contribution is -2.18. The lowest BCUT2D eigenvalue weighted by Gasteiger charge is -2.19. The zero-order valence-electron chi connectivity index (χ0n) is 9.61. The lowest BCUT2D eigenvalue weighted by molar-refractivity contribution is 0.620. The Hall–Kier alpha value is 0.0800. The molecule has 0 spiro atoms. The highest BCUT2D eigenvalue weighted by atomic mass is 79.9. The van der Waals surface area contributed by atoms with Gasteiger partial charge in [-0.05, 0) is 25.0 Å². The van der Waals surface area contributed by atoms with Crippen LogP contribution in [0.15, 0.2) is 16.6 Å². The van der Waals surface area contributed by atoms with Crippen LogP contribution >= 0.6 is 39.1 Å². The van der Waals surface area contributed by atoms with E-state index in [2.05, 4.69) is 21.2 Å². The molecule has 0 saturated heterocycles. The van der Waals surface area contributed by atoms with E-state index in [0.29, 0.717) is 16.1 Å². The van der Waals surface area contributed by atoms with Crippen molar-refractivity contribution in [3.05, 3.63) is 26.7 Å². The summed E-state index contributed by atoms with van der Waals surface area (Å²) in [6.45, 7) is 0. The number of hydrogen-bond donors (Lipinski definition) is 1. The van der Waals surface area contributed by atoms with Crippen LogP contribution in [-0.4, -0.2) is 6.04 Å². The van der Waals surface area contributed by atoms with Crippen molar-refractivity contribution in [1.82, 2.24) is 0 Å². The predicted octanol–water partition coefficient (Wildman–Crippen LogP) is 5.89. The van der Waals surface area contributed by atoms with E-state index in [0.717, 1.165) is 10.2 Å². The fraction of sp³-hybridized carbons (Fsp3) is 0.538. The summed E-state index contributed by atoms with van der Waals surface area (Å²) in [7, 11) is 0. The number of hydrogen-bond acceptors (Lipinski definition) is 1. The molecule has 1 nitrogen and oxygen atoms in total. The first-order valence-corrected chi connectivity index (χ1v) is 7.63. The van der Waals surface area contributed by atoms with Gasteiger partial charge in [0, 0.05) is 10.5 Å². The lowest BCUT2D eigenvalue weighted by atomic mass is 10.1. The van der Waals surface area contributed by atoms with Gasteiger partial charge in [-0.1, -0.05) is 64.8 Å². The minimum atomic E-state index is 0.508. The van der Waals surface area contributed by atoms with Crippen LogP contribution in [-0.2, 0) is 0 Å². The van der Waals surface area contributed by atoms with Gasteiger partial charge in [-0.2, -0.15) is 0 Å². The predicted molar refractivity (Wildman–Crippen MR) is 79.3 cm³/mol. The van der Waals surface area contributed by atoms with Crippen LogP contribution in [0.2, 0.25) is 10.0 Å². The van der Waals surface area contributed by atoms with Crippen molar-refractivity contribution in [2.45, 2.75) is 44.6 Å². The quantitative estimate of drug-likeness (QED) is 0.664. The van der Waals surface area contributed by atoms with Crippen molar-refractivity contribution in [1.29, 1.82) is 0 Å². The summed E-state index contributed by atoms with van der Waals surface area (Å²) in [5, 5.41) is 4.88. The van der Waals surface area contributed by atoms with Crippen LogP contribution in [0.3, 0.4) is 0 Å². The highest BCUT2D eigenvalue weighted by Gasteiger charge is 2.15. The van der Waals surface area contributed by atoms with E-state index in [1.165, 1.54) is 38.5 Å². The Bertz CT molecular complexity index is 364. The first kappa shape index (κ1) is 13.5. The number of halogens is 3. The second-order valence-corrected chi connectivity index (χ2v) is 6.31. The van der Waals surface area contributed by atoms with Crippen molar-refractivity contribution in [2.24, 2.45) is 0 Å². The summed E-state index contributed by atoms with van der Waals surface area (Å²) in [4.78, 5) is 0. The first-order chi connectivity index (χ1) is 8.16. The molecular weight excluding hydrogens is 321 g/mol. The van der Waals surface area contributed by atoms with E-state index in [9.17, 15) is 0 Å². The molecule has 1 aliphatic rings. The molecule has 17 heavy (non-hydrogen) atoms. The van der Waals surface area contributed by atoms with Crippen molar-refractivity contribution in [2.75, 3.05) is 5.32 Å². The number of nitrogens with one attached hydrogen (secondary N) is 1. The van der Waals surface area contributed by atoms with Gasteiger partial charge in [0.15, 0.2) is 0 Å². The minimum Gasteiger partial charge on any atom is -0.380 e. The number of rotatable bonds is 2. The normalized spacial score (nSPS) is 17.8. The average molecular weight is 337 g/mol. The summed E-state index contributed by atoms with van der Waals surface area (Å²) in [6, 6.07) is 4.27. The molecule has 0 radical (unpaired) electrons. The highest BCUT2D eigenvalue weighted by Crippen LogP contribution is 2.35. The molecule has 1 aromatic rings. The Balaban J connectivity index is 2.11. The molecule has 0 aromatic heterocycles. The zero-order chi connectivity index (χ0) is 12.3. The maximum Gasteiger partial charge on any atom is 0.0721 e. The Morgan fingerprint density at radius 3 is 2.06 bits per heavy atom. The van der Waals surface area contributed by atoms with E-state index in [-0.39, 0.29) is 0 Å². The van der Waals surface area contributed by atoms with E-state index >= 15 is 0 Å². The fourth-order valence-electron chi connectivity index (χ4n) is 2.31. The molecule has 94 valence electrons. The van der Waals surface area contributed by atoms with Crippen LogP contribution in [0.25, 0.3) is 0 Å². The van der Waals surface area contributed by atoms with Gasteiger partial charge in [0.05, 0.1) is 15.7 Å². The molecule has 0 heterocycles. The zero-order valence-corrected chi connectivity index (χ0v) is 12.7. The molecule has 0 unspecified atom stereocenters. The standard InChI is InChI=1S/C13H16BrCl2N/c14-9-7-11(15)13(12(16)8-9)17-10-5-3-1-2-4-6-10/h7-8,10,17H,1-6H2. The maximum absolute atomic E-state index is 6.22. The second kappa shape index (κ2) is 6.31. The van der Waals surface area contributed by atoms with Crippen LogP contribution in [0.5, 0.6) is 0 Å². The topological polar surface area (TPSA) is 12.0 Å². The third-order valence-corrected chi connectivity index (χ3v) is 4.26. The fourth-order valence-corrected chi connectivity index (χ4v) is 3.63. The molecule has 2 rings (SSSR count). The smallest absolute Gasteiger partial charge is 0.0721 e. The summed E-state index contributed by atoms with van der Waals surface area (Å²) >= 11 is 15.8. The van der Waals surface area contributed by atoms with Gasteiger partial charge in [-0.3, -0.25) is 0 Å². The van der Waals surface area contributed by atoms with Crippen LogP contribution in [0.4, 0.5) is 5.69 Å². The third kappa shape index (κ3) is 3.77. The van der Waals surface area contributed by atoms with Crippen LogP contribution in [0.1, 0.15) is 38.5 Å². The van der Waals surface area contributed by atoms with Gasteiger partial charge in [0.1, 0.15) is 0 Å². The Morgan fingerprint density at radius 2 is 1.53 bits per heavy atom. The molecule has 0 amide bonds. The van der Waals surface area contributed by atoms with Gasteiger partial charge in [-0.25, -0.2) is 0 Å². The Morgan fingerprint density at radius 1 is 1.00 bits per heavy atom. The highest BCUT2D eigenvalue weighted by molar-refractivity contribution is 9.10. The number of anilines is 1. The summed E-state index contributed by atoms with van der Waals surface area (Å²) in [5.41, 5.74) is 0.878. The summed E-state index contributed by atoms with van der Waals surface area (Å²) in [5.74, 6) is 0. The largest absolute Gasteiger partial charge is 0.380 e. The van der Waals surface area contributed by atoms with Gasteiger partial charge in [-0.15, -0.1) is 0 Å². The third-order valence-electron chi connectivity index (χ3n) is 3.21. The van der Waals surface area contributed by atoms with Gasteiger partial charge in [0.2, 0.25) is 0 Å². The summed E-state index contributed by atoms with van der Waals surface area (Å²) < 4.78 is 0.916. The molecular formula is C13H16BrCl2N. The second-order valence-electron chi connectivity index (χ2n) is 4.58. The molecule has 0 bridgehead atoms. The van der Waals surface area contributed by atoms with Gasteiger partial charge < -0.3 is 5.32 Å². The first-order valence-electron chi connectivity index (χ1n) is 6.08. The molecule has 4 heteroatoms. The molecule has 0 aliphatic heterocycles. The molecule has 1 N–H and O–H groups in total. The Kier molecular flexibility index (Phi) is 5.01. The van der Waals surface area contributed by atoms with Crippen molar-refractivity contribution < 1.29 is 0 Å². The van der Waals surface area contributed by atoms with Gasteiger partial charge in [0.25, 0.3) is 0 Å². The molecule has 1 aromatic carbocycles. The van der Waals surface area contributed by atoms with E-state index in [4.69, 9.17) is 23.2 Å². The van der Waals surface area contributed by atoms with Crippen LogP contribution < -0.4 is 5.32 Å². The maximum atomic E-state index is 6.22. The molecule has 1 fully saturated rings. The van der Waals surface area contributed by atoms with Crippen molar-refractivity contribution in [3.8, 4) is 0 Å². The molecule has 1 aliphatic carbocycles. The monoisotopic (exact) mass is 335 g/mol. The molecule has 0 atom stereocenters. The van der Waals surface area contributed by atoms with Gasteiger partial charge >= 0.3 is 0 Å². The summed E-state index contributed by atoms with van der Waals surface area (Å²) in [6.07, 6.45) is 7.71. The van der Waals surface area contributed by atoms with Crippen molar-refractivity contribution in [3.63, 3.8) is 0 Å². The Labute approximate surface area is 121 Å². The average Bonchev–Trinajstić information content (AvgIpc) is 2.51. The van der Waals surface area contributed by atoms with E-state index < -0.39 is 0 Å². The van der Waals surface area contributed by atoms with E-state index in [1.807, 2.05) is 12.1 Å². The molecule has 1 saturated carbocycles. The SMILES string of the molecule is Clc1cc(Br)cc(Cl)c1NC1CCCCCC1. The van der Waals surface area contributed by atoms with Crippen molar-refractivity contribution >= 4 is 44.8 Å². The van der Waals surface area contributed by atoms with E-state index in [1.54, 1.807) is 0 Å². The van der Waals surface area contributed by atoms with Crippen LogP contribution in [0, 0.1) is 0 Å².